The molecular formula is C16H19NO2. The third kappa shape index (κ3) is 2.93. The summed E-state index contributed by atoms with van der Waals surface area (Å²) in [7, 11) is 0. The summed E-state index contributed by atoms with van der Waals surface area (Å²) in [5.74, 6) is 0. The number of benzene rings is 1. The maximum Gasteiger partial charge on any atom is 0.250 e. The van der Waals surface area contributed by atoms with Crippen molar-refractivity contribution < 1.29 is 5.11 Å². The highest BCUT2D eigenvalue weighted by atomic mass is 16.3. The normalized spacial score (nSPS) is 12.4. The summed E-state index contributed by atoms with van der Waals surface area (Å²) < 4.78 is 1.60. The minimum Gasteiger partial charge on any atom is -0.387 e. The molecule has 100 valence electrons. The van der Waals surface area contributed by atoms with E-state index in [2.05, 4.69) is 0 Å². The molecule has 19 heavy (non-hydrogen) atoms. The molecule has 2 aromatic rings. The highest BCUT2D eigenvalue weighted by Crippen LogP contribution is 2.20. The van der Waals surface area contributed by atoms with E-state index in [1.54, 1.807) is 10.6 Å². The monoisotopic (exact) mass is 257 g/mol. The van der Waals surface area contributed by atoms with Gasteiger partial charge in [0, 0.05) is 11.8 Å². The van der Waals surface area contributed by atoms with Crippen LogP contribution in [0.15, 0.2) is 41.2 Å². The number of pyridine rings is 1. The SMILES string of the molecule is Cc1ccc(C(O)Cn2c(C)cccc2=O)c(C)c1. The molecule has 1 aromatic carbocycles. The van der Waals surface area contributed by atoms with Crippen LogP contribution in [0.4, 0.5) is 0 Å². The maximum absolute atomic E-state index is 11.8. The molecule has 3 heteroatoms. The van der Waals surface area contributed by atoms with Gasteiger partial charge < -0.3 is 9.67 Å². The molecule has 0 amide bonds. The zero-order valence-electron chi connectivity index (χ0n) is 11.6. The third-order valence-electron chi connectivity index (χ3n) is 3.41. The third-order valence-corrected chi connectivity index (χ3v) is 3.41. The van der Waals surface area contributed by atoms with Crippen molar-refractivity contribution in [3.63, 3.8) is 0 Å². The Morgan fingerprint density at radius 3 is 2.53 bits per heavy atom. The number of aliphatic hydroxyl groups excluding tert-OH is 1. The average Bonchev–Trinajstić information content (AvgIpc) is 2.33. The molecular weight excluding hydrogens is 238 g/mol. The molecule has 0 spiro atoms. The number of rotatable bonds is 3. The second kappa shape index (κ2) is 5.41. The predicted octanol–water partition coefficient (Wildman–Crippen LogP) is 2.51. The van der Waals surface area contributed by atoms with Crippen LogP contribution in [0.25, 0.3) is 0 Å². The zero-order valence-corrected chi connectivity index (χ0v) is 11.6. The fraction of sp³-hybridized carbons (Fsp3) is 0.312. The molecule has 0 bridgehead atoms. The summed E-state index contributed by atoms with van der Waals surface area (Å²) in [4.78, 5) is 11.8. The van der Waals surface area contributed by atoms with Gasteiger partial charge in [0.1, 0.15) is 0 Å². The van der Waals surface area contributed by atoms with Crippen molar-refractivity contribution in [3.8, 4) is 0 Å². The van der Waals surface area contributed by atoms with Crippen LogP contribution in [-0.4, -0.2) is 9.67 Å². The molecule has 1 N–H and O–H groups in total. The molecule has 0 aliphatic rings. The van der Waals surface area contributed by atoms with Gasteiger partial charge in [0.05, 0.1) is 12.6 Å². The minimum absolute atomic E-state index is 0.0798. The summed E-state index contributed by atoms with van der Waals surface area (Å²) in [5.41, 5.74) is 3.87. The van der Waals surface area contributed by atoms with E-state index in [-0.39, 0.29) is 12.1 Å². The molecule has 0 saturated heterocycles. The Labute approximate surface area is 113 Å². The summed E-state index contributed by atoms with van der Waals surface area (Å²) in [6.45, 7) is 6.16. The van der Waals surface area contributed by atoms with Crippen molar-refractivity contribution in [2.24, 2.45) is 0 Å². The van der Waals surface area contributed by atoms with Crippen LogP contribution in [0, 0.1) is 20.8 Å². The van der Waals surface area contributed by atoms with E-state index in [0.29, 0.717) is 0 Å². The van der Waals surface area contributed by atoms with Gasteiger partial charge in [0.15, 0.2) is 0 Å². The number of aliphatic hydroxyl groups is 1. The van der Waals surface area contributed by atoms with Gasteiger partial charge in [0.2, 0.25) is 0 Å². The molecule has 0 saturated carbocycles. The molecule has 1 unspecified atom stereocenters. The van der Waals surface area contributed by atoms with Crippen molar-refractivity contribution in [3.05, 3.63) is 69.1 Å². The first kappa shape index (κ1) is 13.6. The Morgan fingerprint density at radius 1 is 1.16 bits per heavy atom. The topological polar surface area (TPSA) is 42.2 Å². The first-order valence-corrected chi connectivity index (χ1v) is 6.40. The van der Waals surface area contributed by atoms with Gasteiger partial charge in [-0.3, -0.25) is 4.79 Å². The Balaban J connectivity index is 2.31. The number of hydrogen-bond donors (Lipinski definition) is 1. The highest BCUT2D eigenvalue weighted by molar-refractivity contribution is 5.32. The van der Waals surface area contributed by atoms with E-state index >= 15 is 0 Å². The van der Waals surface area contributed by atoms with Gasteiger partial charge in [-0.25, -0.2) is 0 Å². The van der Waals surface area contributed by atoms with Gasteiger partial charge in [0.25, 0.3) is 5.56 Å². The Morgan fingerprint density at radius 2 is 1.89 bits per heavy atom. The van der Waals surface area contributed by atoms with Crippen molar-refractivity contribution in [1.29, 1.82) is 0 Å². The van der Waals surface area contributed by atoms with E-state index in [0.717, 1.165) is 16.8 Å². The van der Waals surface area contributed by atoms with Crippen LogP contribution in [0.2, 0.25) is 0 Å². The molecule has 2 rings (SSSR count). The summed E-state index contributed by atoms with van der Waals surface area (Å²) in [6, 6.07) is 11.1. The van der Waals surface area contributed by atoms with Gasteiger partial charge in [-0.1, -0.05) is 29.8 Å². The van der Waals surface area contributed by atoms with E-state index in [1.165, 1.54) is 11.6 Å². The lowest BCUT2D eigenvalue weighted by atomic mass is 10.0. The molecule has 0 aliphatic carbocycles. The minimum atomic E-state index is -0.667. The summed E-state index contributed by atoms with van der Waals surface area (Å²) in [6.07, 6.45) is -0.667. The molecule has 1 atom stereocenters. The van der Waals surface area contributed by atoms with E-state index in [4.69, 9.17) is 0 Å². The smallest absolute Gasteiger partial charge is 0.250 e. The maximum atomic E-state index is 11.8. The van der Waals surface area contributed by atoms with Gasteiger partial charge in [-0.05, 0) is 38.0 Å². The molecule has 3 nitrogen and oxygen atoms in total. The molecule has 0 aliphatic heterocycles. The lowest BCUT2D eigenvalue weighted by Crippen LogP contribution is -2.24. The van der Waals surface area contributed by atoms with Crippen LogP contribution in [-0.2, 0) is 6.54 Å². The summed E-state index contributed by atoms with van der Waals surface area (Å²) in [5, 5.41) is 10.3. The Bertz CT molecular complexity index is 643. The number of hydrogen-bond acceptors (Lipinski definition) is 2. The van der Waals surface area contributed by atoms with Crippen molar-refractivity contribution in [2.75, 3.05) is 0 Å². The van der Waals surface area contributed by atoms with Crippen LogP contribution < -0.4 is 5.56 Å². The second-order valence-electron chi connectivity index (χ2n) is 4.99. The Kier molecular flexibility index (Phi) is 3.86. The lowest BCUT2D eigenvalue weighted by molar-refractivity contribution is 0.153. The van der Waals surface area contributed by atoms with Gasteiger partial charge in [-0.15, -0.1) is 0 Å². The second-order valence-corrected chi connectivity index (χ2v) is 4.99. The number of aromatic nitrogens is 1. The quantitative estimate of drug-likeness (QED) is 0.918. The fourth-order valence-electron chi connectivity index (χ4n) is 2.33. The lowest BCUT2D eigenvalue weighted by Gasteiger charge is -2.17. The van der Waals surface area contributed by atoms with Gasteiger partial charge in [-0.2, -0.15) is 0 Å². The van der Waals surface area contributed by atoms with Crippen molar-refractivity contribution in [1.82, 2.24) is 4.57 Å². The van der Waals surface area contributed by atoms with Crippen LogP contribution in [0.1, 0.15) is 28.5 Å². The number of nitrogens with zero attached hydrogens (tertiary/aromatic N) is 1. The van der Waals surface area contributed by atoms with Crippen molar-refractivity contribution >= 4 is 0 Å². The summed E-state index contributed by atoms with van der Waals surface area (Å²) >= 11 is 0. The molecule has 0 fully saturated rings. The zero-order chi connectivity index (χ0) is 14.0. The predicted molar refractivity (Wildman–Crippen MR) is 76.3 cm³/mol. The van der Waals surface area contributed by atoms with Crippen LogP contribution >= 0.6 is 0 Å². The molecule has 1 heterocycles. The average molecular weight is 257 g/mol. The molecule has 1 aromatic heterocycles. The first-order valence-electron chi connectivity index (χ1n) is 6.40. The molecule has 0 radical (unpaired) electrons. The van der Waals surface area contributed by atoms with E-state index in [9.17, 15) is 9.90 Å². The Hall–Kier alpha value is -1.87. The van der Waals surface area contributed by atoms with E-state index < -0.39 is 6.10 Å². The first-order chi connectivity index (χ1) is 8.99. The van der Waals surface area contributed by atoms with Gasteiger partial charge >= 0.3 is 0 Å². The number of aryl methyl sites for hydroxylation is 3. The van der Waals surface area contributed by atoms with Crippen LogP contribution in [0.3, 0.4) is 0 Å². The standard InChI is InChI=1S/C16H19NO2/c1-11-7-8-14(12(2)9-11)15(18)10-17-13(3)5-4-6-16(17)19/h4-9,15,18H,10H2,1-3H3. The largest absolute Gasteiger partial charge is 0.387 e. The fourth-order valence-corrected chi connectivity index (χ4v) is 2.33. The highest BCUT2D eigenvalue weighted by Gasteiger charge is 2.12. The van der Waals surface area contributed by atoms with Crippen molar-refractivity contribution in [2.45, 2.75) is 33.4 Å². The van der Waals surface area contributed by atoms with E-state index in [1.807, 2.05) is 45.0 Å². The van der Waals surface area contributed by atoms with Crippen LogP contribution in [0.5, 0.6) is 0 Å².